The lowest BCUT2D eigenvalue weighted by Crippen LogP contribution is -2.23. The van der Waals surface area contributed by atoms with Crippen LogP contribution in [-0.2, 0) is 6.42 Å². The summed E-state index contributed by atoms with van der Waals surface area (Å²) in [5.41, 5.74) is 1.05. The van der Waals surface area contributed by atoms with Crippen LogP contribution in [0.2, 0.25) is 0 Å². The van der Waals surface area contributed by atoms with E-state index in [0.29, 0.717) is 6.42 Å². The lowest BCUT2D eigenvalue weighted by molar-refractivity contribution is 0.381. The summed E-state index contributed by atoms with van der Waals surface area (Å²) < 4.78 is 31.2. The van der Waals surface area contributed by atoms with Crippen molar-refractivity contribution in [3.8, 4) is 0 Å². The second kappa shape index (κ2) is 4.22. The maximum atomic E-state index is 13.6. The fourth-order valence-electron chi connectivity index (χ4n) is 1.69. The first kappa shape index (κ1) is 11.1. The summed E-state index contributed by atoms with van der Waals surface area (Å²) in [5, 5.41) is 3.25. The highest BCUT2D eigenvalue weighted by molar-refractivity contribution is 5.78. The summed E-state index contributed by atoms with van der Waals surface area (Å²) in [6, 6.07) is 3.64. The number of likely N-dealkylation sites (N-methyl/N-ethyl adjacent to an activating group) is 1. The molecule has 1 heterocycles. The zero-order chi connectivity index (χ0) is 11.7. The van der Waals surface area contributed by atoms with E-state index in [2.05, 4.69) is 5.32 Å². The van der Waals surface area contributed by atoms with Gasteiger partial charge < -0.3 is 9.73 Å². The Morgan fingerprint density at radius 3 is 2.75 bits per heavy atom. The van der Waals surface area contributed by atoms with Gasteiger partial charge in [0.2, 0.25) is 0 Å². The molecule has 1 atom stereocenters. The van der Waals surface area contributed by atoms with Crippen molar-refractivity contribution in [1.29, 1.82) is 0 Å². The number of rotatable bonds is 3. The lowest BCUT2D eigenvalue weighted by Gasteiger charge is -2.09. The van der Waals surface area contributed by atoms with Crippen molar-refractivity contribution in [1.82, 2.24) is 5.32 Å². The highest BCUT2D eigenvalue weighted by Crippen LogP contribution is 2.23. The third-order valence-electron chi connectivity index (χ3n) is 2.65. The Hall–Kier alpha value is -1.42. The zero-order valence-electron chi connectivity index (χ0n) is 9.18. The van der Waals surface area contributed by atoms with Crippen molar-refractivity contribution in [2.45, 2.75) is 19.4 Å². The largest absolute Gasteiger partial charge is 0.431 e. The molecule has 0 radical (unpaired) electrons. The van der Waals surface area contributed by atoms with Crippen LogP contribution in [0.15, 0.2) is 22.6 Å². The molecule has 0 saturated heterocycles. The molecule has 16 heavy (non-hydrogen) atoms. The van der Waals surface area contributed by atoms with E-state index in [1.807, 2.05) is 14.0 Å². The first-order valence-corrected chi connectivity index (χ1v) is 5.15. The van der Waals surface area contributed by atoms with Crippen molar-refractivity contribution in [3.05, 3.63) is 35.6 Å². The van der Waals surface area contributed by atoms with Crippen LogP contribution in [0.1, 0.15) is 12.5 Å². The molecule has 86 valence electrons. The minimum atomic E-state index is -0.757. The molecule has 1 aromatic heterocycles. The van der Waals surface area contributed by atoms with Gasteiger partial charge in [0, 0.05) is 12.1 Å². The van der Waals surface area contributed by atoms with Crippen molar-refractivity contribution < 1.29 is 13.2 Å². The number of hydrogen-bond donors (Lipinski definition) is 1. The molecule has 0 spiro atoms. The number of benzene rings is 1. The molecule has 0 aliphatic rings. The molecular weight excluding hydrogens is 212 g/mol. The van der Waals surface area contributed by atoms with Crippen LogP contribution < -0.4 is 5.32 Å². The Balaban J connectivity index is 2.41. The van der Waals surface area contributed by atoms with Crippen molar-refractivity contribution in [3.63, 3.8) is 0 Å². The molecule has 0 amide bonds. The predicted octanol–water partition coefficient (Wildman–Crippen LogP) is 2.86. The average Bonchev–Trinajstić information content (AvgIpc) is 2.59. The van der Waals surface area contributed by atoms with E-state index in [1.54, 1.807) is 6.07 Å². The second-order valence-electron chi connectivity index (χ2n) is 3.93. The van der Waals surface area contributed by atoms with Crippen LogP contribution >= 0.6 is 0 Å². The topological polar surface area (TPSA) is 25.2 Å². The molecule has 0 aliphatic heterocycles. The number of fused-ring (bicyclic) bond motifs is 1. The first-order chi connectivity index (χ1) is 7.60. The molecule has 4 heteroatoms. The van der Waals surface area contributed by atoms with Crippen LogP contribution in [0.5, 0.6) is 0 Å². The molecular formula is C12H13F2NO. The summed E-state index contributed by atoms with van der Waals surface area (Å²) in [6.45, 7) is 1.99. The van der Waals surface area contributed by atoms with Crippen LogP contribution in [0, 0.1) is 11.8 Å². The molecule has 1 N–H and O–H groups in total. The van der Waals surface area contributed by atoms with Gasteiger partial charge in [0.25, 0.3) is 6.01 Å². The van der Waals surface area contributed by atoms with Gasteiger partial charge in [-0.3, -0.25) is 0 Å². The molecule has 0 bridgehead atoms. The summed E-state index contributed by atoms with van der Waals surface area (Å²) in [4.78, 5) is 0. The molecule has 2 nitrogen and oxygen atoms in total. The van der Waals surface area contributed by atoms with Gasteiger partial charge in [0.1, 0.15) is 11.4 Å². The summed E-state index contributed by atoms with van der Waals surface area (Å²) in [5.74, 6) is -0.441. The van der Waals surface area contributed by atoms with Crippen LogP contribution in [-0.4, -0.2) is 13.1 Å². The smallest absolute Gasteiger partial charge is 0.278 e. The Bertz CT molecular complexity index is 507. The van der Waals surface area contributed by atoms with Crippen LogP contribution in [0.4, 0.5) is 8.78 Å². The van der Waals surface area contributed by atoms with Gasteiger partial charge in [-0.2, -0.15) is 4.39 Å². The van der Waals surface area contributed by atoms with Crippen LogP contribution in [0.3, 0.4) is 0 Å². The van der Waals surface area contributed by atoms with E-state index in [-0.39, 0.29) is 17.0 Å². The number of hydrogen-bond acceptors (Lipinski definition) is 2. The lowest BCUT2D eigenvalue weighted by atomic mass is 10.1. The van der Waals surface area contributed by atoms with Gasteiger partial charge in [0.05, 0.1) is 5.39 Å². The Labute approximate surface area is 92.2 Å². The van der Waals surface area contributed by atoms with Crippen molar-refractivity contribution in [2.75, 3.05) is 7.05 Å². The van der Waals surface area contributed by atoms with E-state index >= 15 is 0 Å². The van der Waals surface area contributed by atoms with E-state index in [9.17, 15) is 8.78 Å². The van der Waals surface area contributed by atoms with E-state index in [4.69, 9.17) is 4.42 Å². The number of furan rings is 1. The minimum Gasteiger partial charge on any atom is -0.431 e. The summed E-state index contributed by atoms with van der Waals surface area (Å²) in [7, 11) is 1.84. The Kier molecular flexibility index (Phi) is 2.92. The number of nitrogens with one attached hydrogen (secondary N) is 1. The van der Waals surface area contributed by atoms with Gasteiger partial charge in [-0.05, 0) is 38.1 Å². The van der Waals surface area contributed by atoms with Crippen molar-refractivity contribution >= 4 is 11.0 Å². The summed E-state index contributed by atoms with van der Waals surface area (Å²) >= 11 is 0. The molecule has 1 unspecified atom stereocenters. The van der Waals surface area contributed by atoms with Crippen LogP contribution in [0.25, 0.3) is 11.0 Å². The normalized spacial score (nSPS) is 13.2. The maximum absolute atomic E-state index is 13.6. The second-order valence-corrected chi connectivity index (χ2v) is 3.93. The Morgan fingerprint density at radius 2 is 2.06 bits per heavy atom. The monoisotopic (exact) mass is 225 g/mol. The predicted molar refractivity (Wildman–Crippen MR) is 58.4 cm³/mol. The molecule has 0 saturated carbocycles. The molecule has 0 fully saturated rings. The third-order valence-corrected chi connectivity index (χ3v) is 2.65. The van der Waals surface area contributed by atoms with Gasteiger partial charge in [-0.15, -0.1) is 0 Å². The molecule has 2 aromatic rings. The van der Waals surface area contributed by atoms with Crippen molar-refractivity contribution in [2.24, 2.45) is 0 Å². The quantitative estimate of drug-likeness (QED) is 0.868. The SMILES string of the molecule is CNC(C)Cc1cc(F)c2cc(F)oc2c1. The average molecular weight is 225 g/mol. The fourth-order valence-corrected chi connectivity index (χ4v) is 1.69. The highest BCUT2D eigenvalue weighted by Gasteiger charge is 2.11. The van der Waals surface area contributed by atoms with E-state index in [1.165, 1.54) is 6.07 Å². The standard InChI is InChI=1S/C12H13F2NO/c1-7(15-2)3-8-4-10(13)9-6-12(14)16-11(9)5-8/h4-7,15H,3H2,1-2H3. The molecule has 1 aromatic carbocycles. The third kappa shape index (κ3) is 2.07. The highest BCUT2D eigenvalue weighted by atomic mass is 19.1. The van der Waals surface area contributed by atoms with Gasteiger partial charge in [-0.25, -0.2) is 4.39 Å². The van der Waals surface area contributed by atoms with E-state index in [0.717, 1.165) is 11.6 Å². The fraction of sp³-hybridized carbons (Fsp3) is 0.333. The first-order valence-electron chi connectivity index (χ1n) is 5.15. The summed E-state index contributed by atoms with van der Waals surface area (Å²) in [6.07, 6.45) is 0.672. The number of halogens is 2. The van der Waals surface area contributed by atoms with Gasteiger partial charge in [-0.1, -0.05) is 0 Å². The van der Waals surface area contributed by atoms with Gasteiger partial charge >= 0.3 is 0 Å². The molecule has 2 rings (SSSR count). The Morgan fingerprint density at radius 1 is 1.31 bits per heavy atom. The minimum absolute atomic E-state index is 0.193. The molecule has 0 aliphatic carbocycles. The zero-order valence-corrected chi connectivity index (χ0v) is 9.18. The van der Waals surface area contributed by atoms with Gasteiger partial charge in [0.15, 0.2) is 0 Å². The van der Waals surface area contributed by atoms with E-state index < -0.39 is 11.8 Å². The maximum Gasteiger partial charge on any atom is 0.278 e.